The molecule has 0 fully saturated rings. The van der Waals surface area contributed by atoms with Crippen molar-refractivity contribution in [3.05, 3.63) is 90.2 Å². The highest BCUT2D eigenvalue weighted by atomic mass is 32.2. The molecule has 0 atom stereocenters. The average Bonchev–Trinajstić information content (AvgIpc) is 3.19. The Balaban J connectivity index is 1.58. The second kappa shape index (κ2) is 8.92. The minimum atomic E-state index is -0.345. The second-order valence-electron chi connectivity index (χ2n) is 6.69. The number of hydrogen-bond donors (Lipinski definition) is 1. The Labute approximate surface area is 178 Å². The standard InChI is InChI=1S/C23H19FN4OS/c1-16-7-13-20(14-8-16)28-22(17-5-3-2-4-6-17)26-27-23(28)30-15-21(29)25-19-11-9-18(24)10-12-19/h2-14H,15H2,1H3,(H,25,29). The summed E-state index contributed by atoms with van der Waals surface area (Å²) in [7, 11) is 0. The van der Waals surface area contributed by atoms with Gasteiger partial charge < -0.3 is 5.32 Å². The Morgan fingerprint density at radius 2 is 1.67 bits per heavy atom. The molecule has 1 N–H and O–H groups in total. The number of carbonyl (C=O) groups excluding carboxylic acids is 1. The van der Waals surface area contributed by atoms with E-state index in [-0.39, 0.29) is 17.5 Å². The van der Waals surface area contributed by atoms with Crippen LogP contribution in [0.2, 0.25) is 0 Å². The molecule has 0 unspecified atom stereocenters. The Morgan fingerprint density at radius 3 is 2.37 bits per heavy atom. The van der Waals surface area contributed by atoms with Crippen LogP contribution < -0.4 is 5.32 Å². The second-order valence-corrected chi connectivity index (χ2v) is 7.63. The van der Waals surface area contributed by atoms with E-state index < -0.39 is 0 Å². The zero-order chi connectivity index (χ0) is 20.9. The van der Waals surface area contributed by atoms with Gasteiger partial charge in [0.2, 0.25) is 5.91 Å². The van der Waals surface area contributed by atoms with Crippen LogP contribution in [-0.4, -0.2) is 26.4 Å². The van der Waals surface area contributed by atoms with E-state index in [1.54, 1.807) is 0 Å². The number of thioether (sulfide) groups is 1. The first-order chi connectivity index (χ1) is 14.6. The summed E-state index contributed by atoms with van der Waals surface area (Å²) < 4.78 is 15.0. The van der Waals surface area contributed by atoms with Crippen molar-refractivity contribution in [3.63, 3.8) is 0 Å². The van der Waals surface area contributed by atoms with Gasteiger partial charge in [-0.2, -0.15) is 0 Å². The van der Waals surface area contributed by atoms with E-state index in [0.29, 0.717) is 16.7 Å². The highest BCUT2D eigenvalue weighted by Crippen LogP contribution is 2.28. The number of carbonyl (C=O) groups is 1. The number of halogens is 1. The molecule has 0 aliphatic heterocycles. The van der Waals surface area contributed by atoms with Crippen LogP contribution in [0.5, 0.6) is 0 Å². The van der Waals surface area contributed by atoms with E-state index in [2.05, 4.69) is 15.5 Å². The van der Waals surface area contributed by atoms with Gasteiger partial charge in [-0.1, -0.05) is 59.8 Å². The Hall–Kier alpha value is -3.45. The van der Waals surface area contributed by atoms with Crippen LogP contribution in [0.4, 0.5) is 10.1 Å². The van der Waals surface area contributed by atoms with Crippen molar-refractivity contribution in [2.24, 2.45) is 0 Å². The lowest BCUT2D eigenvalue weighted by Gasteiger charge is -2.11. The number of benzene rings is 3. The Kier molecular flexibility index (Phi) is 5.90. The van der Waals surface area contributed by atoms with Crippen molar-refractivity contribution in [2.75, 3.05) is 11.1 Å². The number of anilines is 1. The zero-order valence-electron chi connectivity index (χ0n) is 16.2. The van der Waals surface area contributed by atoms with Crippen LogP contribution in [0, 0.1) is 12.7 Å². The molecular weight excluding hydrogens is 399 g/mol. The number of aryl methyl sites for hydroxylation is 1. The predicted molar refractivity (Wildman–Crippen MR) is 117 cm³/mol. The summed E-state index contributed by atoms with van der Waals surface area (Å²) in [6, 6.07) is 23.5. The van der Waals surface area contributed by atoms with Gasteiger partial charge in [-0.25, -0.2) is 4.39 Å². The summed E-state index contributed by atoms with van der Waals surface area (Å²) in [4.78, 5) is 12.4. The minimum Gasteiger partial charge on any atom is -0.325 e. The maximum Gasteiger partial charge on any atom is 0.234 e. The van der Waals surface area contributed by atoms with Crippen LogP contribution in [0.15, 0.2) is 84.0 Å². The number of aromatic nitrogens is 3. The van der Waals surface area contributed by atoms with Gasteiger partial charge in [0, 0.05) is 16.9 Å². The fraction of sp³-hybridized carbons (Fsp3) is 0.0870. The molecule has 0 saturated carbocycles. The molecule has 1 aromatic heterocycles. The summed E-state index contributed by atoms with van der Waals surface area (Å²) in [5.74, 6) is 0.310. The number of rotatable bonds is 6. The van der Waals surface area contributed by atoms with Gasteiger partial charge in [0.05, 0.1) is 5.75 Å². The van der Waals surface area contributed by atoms with Crippen molar-refractivity contribution in [2.45, 2.75) is 12.1 Å². The lowest BCUT2D eigenvalue weighted by molar-refractivity contribution is -0.113. The van der Waals surface area contributed by atoms with Crippen molar-refractivity contribution in [3.8, 4) is 17.1 Å². The highest BCUT2D eigenvalue weighted by molar-refractivity contribution is 7.99. The van der Waals surface area contributed by atoms with Gasteiger partial charge in [-0.3, -0.25) is 9.36 Å². The molecule has 150 valence electrons. The largest absolute Gasteiger partial charge is 0.325 e. The number of amides is 1. The molecule has 0 radical (unpaired) electrons. The van der Waals surface area contributed by atoms with Crippen molar-refractivity contribution < 1.29 is 9.18 Å². The van der Waals surface area contributed by atoms with Crippen LogP contribution in [0.3, 0.4) is 0 Å². The van der Waals surface area contributed by atoms with Gasteiger partial charge in [0.25, 0.3) is 0 Å². The van der Waals surface area contributed by atoms with Gasteiger partial charge in [-0.15, -0.1) is 10.2 Å². The van der Waals surface area contributed by atoms with Crippen molar-refractivity contribution >= 4 is 23.4 Å². The van der Waals surface area contributed by atoms with Crippen LogP contribution in [-0.2, 0) is 4.79 Å². The molecule has 0 aliphatic carbocycles. The molecule has 4 rings (SSSR count). The first-order valence-electron chi connectivity index (χ1n) is 9.36. The van der Waals surface area contributed by atoms with E-state index in [4.69, 9.17) is 0 Å². The maximum absolute atomic E-state index is 13.0. The summed E-state index contributed by atoms with van der Waals surface area (Å²) in [5, 5.41) is 12.1. The summed E-state index contributed by atoms with van der Waals surface area (Å²) in [5.41, 5.74) is 3.56. The number of hydrogen-bond acceptors (Lipinski definition) is 4. The lowest BCUT2D eigenvalue weighted by atomic mass is 10.2. The molecular formula is C23H19FN4OS. The third-order valence-electron chi connectivity index (χ3n) is 4.42. The molecule has 7 heteroatoms. The monoisotopic (exact) mass is 418 g/mol. The highest BCUT2D eigenvalue weighted by Gasteiger charge is 2.17. The molecule has 0 aliphatic rings. The van der Waals surface area contributed by atoms with E-state index in [1.807, 2.05) is 66.1 Å². The van der Waals surface area contributed by atoms with Crippen LogP contribution in [0.25, 0.3) is 17.1 Å². The van der Waals surface area contributed by atoms with Crippen molar-refractivity contribution in [1.29, 1.82) is 0 Å². The fourth-order valence-corrected chi connectivity index (χ4v) is 3.68. The van der Waals surface area contributed by atoms with Crippen molar-refractivity contribution in [1.82, 2.24) is 14.8 Å². The third kappa shape index (κ3) is 4.58. The number of nitrogens with zero attached hydrogens (tertiary/aromatic N) is 3. The first-order valence-corrected chi connectivity index (χ1v) is 10.3. The van der Waals surface area contributed by atoms with E-state index >= 15 is 0 Å². The predicted octanol–water partition coefficient (Wildman–Crippen LogP) is 5.11. The zero-order valence-corrected chi connectivity index (χ0v) is 17.1. The third-order valence-corrected chi connectivity index (χ3v) is 5.35. The quantitative estimate of drug-likeness (QED) is 0.442. The van der Waals surface area contributed by atoms with Crippen LogP contribution >= 0.6 is 11.8 Å². The SMILES string of the molecule is Cc1ccc(-n2c(SCC(=O)Nc3ccc(F)cc3)nnc2-c2ccccc2)cc1. The summed E-state index contributed by atoms with van der Waals surface area (Å²) in [6.07, 6.45) is 0. The van der Waals surface area contributed by atoms with Gasteiger partial charge in [-0.05, 0) is 43.3 Å². The topological polar surface area (TPSA) is 59.8 Å². The molecule has 0 bridgehead atoms. The van der Waals surface area contributed by atoms with E-state index in [1.165, 1.54) is 36.0 Å². The Bertz CT molecular complexity index is 1140. The first kappa shape index (κ1) is 19.8. The molecule has 30 heavy (non-hydrogen) atoms. The minimum absolute atomic E-state index is 0.149. The summed E-state index contributed by atoms with van der Waals surface area (Å²) in [6.45, 7) is 2.03. The molecule has 0 spiro atoms. The molecule has 0 saturated heterocycles. The van der Waals surface area contributed by atoms with E-state index in [9.17, 15) is 9.18 Å². The fourth-order valence-electron chi connectivity index (χ4n) is 2.92. The van der Waals surface area contributed by atoms with Gasteiger partial charge >= 0.3 is 0 Å². The smallest absolute Gasteiger partial charge is 0.234 e. The molecule has 3 aromatic carbocycles. The maximum atomic E-state index is 13.0. The molecule has 5 nitrogen and oxygen atoms in total. The van der Waals surface area contributed by atoms with Crippen LogP contribution in [0.1, 0.15) is 5.56 Å². The molecule has 1 heterocycles. The molecule has 1 amide bonds. The Morgan fingerprint density at radius 1 is 0.967 bits per heavy atom. The normalized spacial score (nSPS) is 10.7. The van der Waals surface area contributed by atoms with Gasteiger partial charge in [0.15, 0.2) is 11.0 Å². The average molecular weight is 418 g/mol. The lowest BCUT2D eigenvalue weighted by Crippen LogP contribution is -2.14. The molecule has 4 aromatic rings. The van der Waals surface area contributed by atoms with Gasteiger partial charge in [0.1, 0.15) is 5.82 Å². The van der Waals surface area contributed by atoms with E-state index in [0.717, 1.165) is 16.8 Å². The number of nitrogens with one attached hydrogen (secondary N) is 1. The summed E-state index contributed by atoms with van der Waals surface area (Å²) >= 11 is 1.30.